The number of amides is 1. The lowest BCUT2D eigenvalue weighted by molar-refractivity contribution is -0.0267. The van der Waals surface area contributed by atoms with Crippen LogP contribution >= 0.6 is 11.3 Å². The number of rotatable bonds is 2. The van der Waals surface area contributed by atoms with Gasteiger partial charge in [-0.15, -0.1) is 11.3 Å². The number of ether oxygens (including phenoxy) is 1. The van der Waals surface area contributed by atoms with Crippen LogP contribution in [0.3, 0.4) is 0 Å². The van der Waals surface area contributed by atoms with Crippen molar-refractivity contribution in [1.29, 1.82) is 0 Å². The zero-order chi connectivity index (χ0) is 15.7. The fourth-order valence-corrected chi connectivity index (χ4v) is 3.37. The summed E-state index contributed by atoms with van der Waals surface area (Å²) in [6.07, 6.45) is 1.45. The van der Waals surface area contributed by atoms with E-state index in [0.29, 0.717) is 30.4 Å². The molecule has 1 atom stereocenters. The zero-order valence-corrected chi connectivity index (χ0v) is 13.7. The van der Waals surface area contributed by atoms with Crippen molar-refractivity contribution in [1.82, 2.24) is 19.9 Å². The number of hydrogen-bond donors (Lipinski definition) is 0. The van der Waals surface area contributed by atoms with Crippen LogP contribution in [0, 0.1) is 20.8 Å². The lowest BCUT2D eigenvalue weighted by Crippen LogP contribution is -2.42. The van der Waals surface area contributed by atoms with Crippen molar-refractivity contribution < 1.29 is 9.53 Å². The highest BCUT2D eigenvalue weighted by molar-refractivity contribution is 7.13. The lowest BCUT2D eigenvalue weighted by Gasteiger charge is -2.32. The summed E-state index contributed by atoms with van der Waals surface area (Å²) in [5, 5.41) is 0.910. The molecule has 6 nitrogen and oxygen atoms in total. The summed E-state index contributed by atoms with van der Waals surface area (Å²) in [5.41, 5.74) is 1.69. The third-order valence-electron chi connectivity index (χ3n) is 3.55. The molecule has 1 amide bonds. The highest BCUT2D eigenvalue weighted by Crippen LogP contribution is 2.24. The number of carbonyl (C=O) groups is 1. The molecule has 0 spiro atoms. The van der Waals surface area contributed by atoms with Crippen molar-refractivity contribution in [2.24, 2.45) is 0 Å². The van der Waals surface area contributed by atoms with Crippen molar-refractivity contribution in [2.75, 3.05) is 19.7 Å². The molecule has 0 N–H and O–H groups in total. The fraction of sp³-hybridized carbons (Fsp3) is 0.467. The van der Waals surface area contributed by atoms with Crippen molar-refractivity contribution in [3.05, 3.63) is 39.4 Å². The van der Waals surface area contributed by atoms with Gasteiger partial charge in [0.15, 0.2) is 5.82 Å². The van der Waals surface area contributed by atoms with Gasteiger partial charge in [0.05, 0.1) is 23.9 Å². The number of hydrogen-bond acceptors (Lipinski definition) is 6. The van der Waals surface area contributed by atoms with Crippen molar-refractivity contribution in [3.63, 3.8) is 0 Å². The van der Waals surface area contributed by atoms with Gasteiger partial charge in [-0.05, 0) is 26.8 Å². The van der Waals surface area contributed by atoms with Crippen LogP contribution in [-0.4, -0.2) is 45.5 Å². The van der Waals surface area contributed by atoms with E-state index in [0.717, 1.165) is 16.4 Å². The molecule has 0 radical (unpaired) electrons. The average Bonchev–Trinajstić information content (AvgIpc) is 2.85. The van der Waals surface area contributed by atoms with Crippen molar-refractivity contribution in [3.8, 4) is 0 Å². The highest BCUT2D eigenvalue weighted by Gasteiger charge is 2.29. The first-order valence-corrected chi connectivity index (χ1v) is 8.00. The molecule has 1 saturated heterocycles. The third kappa shape index (κ3) is 3.00. The number of thiazole rings is 1. The monoisotopic (exact) mass is 318 g/mol. The van der Waals surface area contributed by atoms with Crippen LogP contribution in [-0.2, 0) is 4.74 Å². The van der Waals surface area contributed by atoms with Gasteiger partial charge in [-0.2, -0.15) is 0 Å². The maximum Gasteiger partial charge on any atom is 0.266 e. The van der Waals surface area contributed by atoms with Crippen LogP contribution in [0.2, 0.25) is 0 Å². The topological polar surface area (TPSA) is 68.2 Å². The Kier molecular flexibility index (Phi) is 4.17. The molecule has 1 aliphatic rings. The Balaban J connectivity index is 1.78. The van der Waals surface area contributed by atoms with E-state index in [1.54, 1.807) is 11.1 Å². The molecule has 0 bridgehead atoms. The third-order valence-corrected chi connectivity index (χ3v) is 4.61. The van der Waals surface area contributed by atoms with Gasteiger partial charge in [-0.3, -0.25) is 4.79 Å². The zero-order valence-electron chi connectivity index (χ0n) is 12.9. The molecule has 0 unspecified atom stereocenters. The molecule has 3 heterocycles. The minimum atomic E-state index is -0.271. The largest absolute Gasteiger partial charge is 0.367 e. The van der Waals surface area contributed by atoms with Crippen molar-refractivity contribution >= 4 is 17.2 Å². The maximum atomic E-state index is 12.7. The first-order valence-electron chi connectivity index (χ1n) is 7.19. The molecular weight excluding hydrogens is 300 g/mol. The predicted molar refractivity (Wildman–Crippen MR) is 83.0 cm³/mol. The minimum Gasteiger partial charge on any atom is -0.367 e. The Morgan fingerprint density at radius 3 is 2.86 bits per heavy atom. The molecule has 1 fully saturated rings. The Labute approximate surface area is 133 Å². The van der Waals surface area contributed by atoms with E-state index in [4.69, 9.17) is 4.74 Å². The van der Waals surface area contributed by atoms with Crippen LogP contribution in [0.25, 0.3) is 0 Å². The van der Waals surface area contributed by atoms with E-state index in [1.807, 2.05) is 26.8 Å². The number of aromatic nitrogens is 3. The Hall–Kier alpha value is -1.86. The molecule has 2 aromatic rings. The first-order chi connectivity index (χ1) is 10.5. The Morgan fingerprint density at radius 2 is 2.18 bits per heavy atom. The number of nitrogens with zero attached hydrogens (tertiary/aromatic N) is 4. The van der Waals surface area contributed by atoms with E-state index in [9.17, 15) is 4.79 Å². The van der Waals surface area contributed by atoms with Gasteiger partial charge in [0.1, 0.15) is 11.0 Å². The van der Waals surface area contributed by atoms with E-state index >= 15 is 0 Å². The van der Waals surface area contributed by atoms with Crippen molar-refractivity contribution in [2.45, 2.75) is 26.9 Å². The summed E-state index contributed by atoms with van der Waals surface area (Å²) in [7, 11) is 0. The van der Waals surface area contributed by atoms with Gasteiger partial charge in [0, 0.05) is 18.4 Å². The summed E-state index contributed by atoms with van der Waals surface area (Å²) in [6, 6.07) is 1.85. The quantitative estimate of drug-likeness (QED) is 0.848. The standard InChI is InChI=1S/C15H18N4O2S/c1-9-4-5-16-14(17-9)12-8-19(6-7-21-12)15(20)13-10(2)18-11(3)22-13/h4-5,12H,6-8H2,1-3H3/t12-/m0/s1. The van der Waals surface area contributed by atoms with E-state index in [-0.39, 0.29) is 12.0 Å². The van der Waals surface area contributed by atoms with Gasteiger partial charge < -0.3 is 9.64 Å². The first kappa shape index (κ1) is 15.1. The normalized spacial score (nSPS) is 18.5. The number of aryl methyl sites for hydroxylation is 3. The smallest absolute Gasteiger partial charge is 0.266 e. The SMILES string of the molecule is Cc1ccnc([C@@H]2CN(C(=O)c3sc(C)nc3C)CCO2)n1. The highest BCUT2D eigenvalue weighted by atomic mass is 32.1. The summed E-state index contributed by atoms with van der Waals surface area (Å²) >= 11 is 1.44. The van der Waals surface area contributed by atoms with Crippen LogP contribution < -0.4 is 0 Å². The summed E-state index contributed by atoms with van der Waals surface area (Å²) in [5.74, 6) is 0.652. The molecule has 116 valence electrons. The summed E-state index contributed by atoms with van der Waals surface area (Å²) < 4.78 is 5.74. The Bertz CT molecular complexity index is 701. The maximum absolute atomic E-state index is 12.7. The molecule has 0 aliphatic carbocycles. The van der Waals surface area contributed by atoms with Crippen LogP contribution in [0.15, 0.2) is 12.3 Å². The molecule has 22 heavy (non-hydrogen) atoms. The number of carbonyl (C=O) groups excluding carboxylic acids is 1. The van der Waals surface area contributed by atoms with Gasteiger partial charge in [0.2, 0.25) is 0 Å². The van der Waals surface area contributed by atoms with Crippen LogP contribution in [0.4, 0.5) is 0 Å². The van der Waals surface area contributed by atoms with E-state index < -0.39 is 0 Å². The Morgan fingerprint density at radius 1 is 1.36 bits per heavy atom. The van der Waals surface area contributed by atoms with Crippen LogP contribution in [0.1, 0.15) is 38.0 Å². The molecule has 0 saturated carbocycles. The van der Waals surface area contributed by atoms with Gasteiger partial charge >= 0.3 is 0 Å². The summed E-state index contributed by atoms with van der Waals surface area (Å²) in [6.45, 7) is 7.25. The van der Waals surface area contributed by atoms with E-state index in [1.165, 1.54) is 11.3 Å². The molecule has 1 aliphatic heterocycles. The van der Waals surface area contributed by atoms with Gasteiger partial charge in [-0.1, -0.05) is 0 Å². The second kappa shape index (κ2) is 6.10. The van der Waals surface area contributed by atoms with E-state index in [2.05, 4.69) is 15.0 Å². The molecular formula is C15H18N4O2S. The lowest BCUT2D eigenvalue weighted by atomic mass is 10.2. The molecule has 7 heteroatoms. The number of morpholine rings is 1. The fourth-order valence-electron chi connectivity index (χ4n) is 2.49. The molecule has 0 aromatic carbocycles. The van der Waals surface area contributed by atoms with Gasteiger partial charge in [-0.25, -0.2) is 15.0 Å². The van der Waals surface area contributed by atoms with Gasteiger partial charge in [0.25, 0.3) is 5.91 Å². The second-order valence-electron chi connectivity index (χ2n) is 5.31. The van der Waals surface area contributed by atoms with Crippen LogP contribution in [0.5, 0.6) is 0 Å². The average molecular weight is 318 g/mol. The predicted octanol–water partition coefficient (Wildman–Crippen LogP) is 2.07. The summed E-state index contributed by atoms with van der Waals surface area (Å²) in [4.78, 5) is 28.2. The second-order valence-corrected chi connectivity index (χ2v) is 6.52. The molecule has 3 rings (SSSR count). The minimum absolute atomic E-state index is 0.0176. The molecule has 2 aromatic heterocycles.